The van der Waals surface area contributed by atoms with Gasteiger partial charge in [0.1, 0.15) is 12.4 Å². The first-order valence-corrected chi connectivity index (χ1v) is 9.03. The SMILES string of the molecule is Cc1cc(COc2cc3[nH]c(CNC(=O)C4(C)COC4)cc3cc2Cl)on1. The smallest absolute Gasteiger partial charge is 0.230 e. The van der Waals surface area contributed by atoms with Gasteiger partial charge < -0.3 is 24.3 Å². The molecule has 1 fully saturated rings. The van der Waals surface area contributed by atoms with Gasteiger partial charge in [0.2, 0.25) is 5.91 Å². The van der Waals surface area contributed by atoms with Crippen LogP contribution in [0, 0.1) is 12.3 Å². The van der Waals surface area contributed by atoms with Crippen molar-refractivity contribution in [2.24, 2.45) is 5.41 Å². The standard InChI is InChI=1S/C19H20ClN3O4/c1-11-3-14(27-23-11)8-26-17-6-16-12(5-15(17)20)4-13(22-16)7-21-18(24)19(2)9-25-10-19/h3-6,22H,7-10H2,1-2H3,(H,21,24). The van der Waals surface area contributed by atoms with E-state index in [1.54, 1.807) is 0 Å². The molecule has 142 valence electrons. The zero-order chi connectivity index (χ0) is 19.0. The van der Waals surface area contributed by atoms with Crippen LogP contribution in [0.2, 0.25) is 5.02 Å². The van der Waals surface area contributed by atoms with E-state index in [0.717, 1.165) is 22.3 Å². The topological polar surface area (TPSA) is 89.4 Å². The molecule has 4 rings (SSSR count). The molecule has 27 heavy (non-hydrogen) atoms. The fourth-order valence-corrected chi connectivity index (χ4v) is 3.19. The van der Waals surface area contributed by atoms with Gasteiger partial charge in [-0.1, -0.05) is 16.8 Å². The highest BCUT2D eigenvalue weighted by atomic mass is 35.5. The lowest BCUT2D eigenvalue weighted by molar-refractivity contribution is -0.157. The summed E-state index contributed by atoms with van der Waals surface area (Å²) in [5.41, 5.74) is 2.15. The molecule has 0 spiro atoms. The van der Waals surface area contributed by atoms with E-state index in [4.69, 9.17) is 25.6 Å². The van der Waals surface area contributed by atoms with Gasteiger partial charge in [0.25, 0.3) is 0 Å². The molecular weight excluding hydrogens is 370 g/mol. The Morgan fingerprint density at radius 1 is 1.37 bits per heavy atom. The van der Waals surface area contributed by atoms with Crippen molar-refractivity contribution in [3.63, 3.8) is 0 Å². The number of nitrogens with one attached hydrogen (secondary N) is 2. The molecule has 2 N–H and O–H groups in total. The number of H-pyrrole nitrogens is 1. The number of carbonyl (C=O) groups is 1. The minimum Gasteiger partial charge on any atom is -0.484 e. The number of amides is 1. The number of carbonyl (C=O) groups excluding carboxylic acids is 1. The molecule has 0 unspecified atom stereocenters. The molecule has 1 aromatic carbocycles. The Balaban J connectivity index is 1.44. The summed E-state index contributed by atoms with van der Waals surface area (Å²) in [5.74, 6) is 1.18. The van der Waals surface area contributed by atoms with Gasteiger partial charge in [-0.2, -0.15) is 0 Å². The van der Waals surface area contributed by atoms with Crippen LogP contribution in [0.15, 0.2) is 28.8 Å². The fourth-order valence-electron chi connectivity index (χ4n) is 2.96. The molecule has 3 aromatic rings. The molecule has 0 saturated carbocycles. The lowest BCUT2D eigenvalue weighted by Crippen LogP contribution is -2.51. The first kappa shape index (κ1) is 17.9. The molecular formula is C19H20ClN3O4. The predicted molar refractivity (Wildman–Crippen MR) is 99.7 cm³/mol. The van der Waals surface area contributed by atoms with Crippen LogP contribution in [0.5, 0.6) is 5.75 Å². The van der Waals surface area contributed by atoms with Gasteiger partial charge in [-0.15, -0.1) is 0 Å². The number of halogens is 1. The molecule has 1 aliphatic heterocycles. The van der Waals surface area contributed by atoms with Gasteiger partial charge >= 0.3 is 0 Å². The number of ether oxygens (including phenoxy) is 2. The van der Waals surface area contributed by atoms with Crippen molar-refractivity contribution < 1.29 is 18.8 Å². The summed E-state index contributed by atoms with van der Waals surface area (Å²) in [6.07, 6.45) is 0. The van der Waals surface area contributed by atoms with Gasteiger partial charge in [-0.3, -0.25) is 4.79 Å². The van der Waals surface area contributed by atoms with E-state index in [0.29, 0.717) is 36.3 Å². The zero-order valence-corrected chi connectivity index (χ0v) is 15.9. The van der Waals surface area contributed by atoms with Crippen LogP contribution in [-0.4, -0.2) is 29.3 Å². The molecule has 1 saturated heterocycles. The third-order valence-corrected chi connectivity index (χ3v) is 4.90. The van der Waals surface area contributed by atoms with Gasteiger partial charge in [0, 0.05) is 28.7 Å². The highest BCUT2D eigenvalue weighted by molar-refractivity contribution is 6.32. The Kier molecular flexibility index (Phi) is 4.57. The first-order valence-electron chi connectivity index (χ1n) is 8.65. The second kappa shape index (κ2) is 6.90. The second-order valence-corrected chi connectivity index (χ2v) is 7.53. The highest BCUT2D eigenvalue weighted by Crippen LogP contribution is 2.31. The second-order valence-electron chi connectivity index (χ2n) is 7.12. The highest BCUT2D eigenvalue weighted by Gasteiger charge is 2.40. The van der Waals surface area contributed by atoms with Crippen molar-refractivity contribution in [1.82, 2.24) is 15.5 Å². The number of hydrogen-bond acceptors (Lipinski definition) is 5. The Hall–Kier alpha value is -2.51. The van der Waals surface area contributed by atoms with E-state index in [1.807, 2.05) is 38.1 Å². The van der Waals surface area contributed by atoms with E-state index in [2.05, 4.69) is 15.5 Å². The van der Waals surface area contributed by atoms with Crippen molar-refractivity contribution in [2.45, 2.75) is 27.0 Å². The maximum Gasteiger partial charge on any atom is 0.230 e. The largest absolute Gasteiger partial charge is 0.484 e. The fraction of sp³-hybridized carbons (Fsp3) is 0.368. The molecule has 0 atom stereocenters. The summed E-state index contributed by atoms with van der Waals surface area (Å²) in [7, 11) is 0. The van der Waals surface area contributed by atoms with Crippen LogP contribution in [-0.2, 0) is 22.7 Å². The first-order chi connectivity index (χ1) is 12.9. The van der Waals surface area contributed by atoms with Crippen LogP contribution in [0.3, 0.4) is 0 Å². The van der Waals surface area contributed by atoms with Crippen molar-refractivity contribution in [2.75, 3.05) is 13.2 Å². The van der Waals surface area contributed by atoms with Crippen molar-refractivity contribution >= 4 is 28.4 Å². The molecule has 2 aromatic heterocycles. The number of rotatable bonds is 6. The molecule has 0 aliphatic carbocycles. The van der Waals surface area contributed by atoms with Gasteiger partial charge in [-0.05, 0) is 26.0 Å². The van der Waals surface area contributed by atoms with Crippen molar-refractivity contribution in [1.29, 1.82) is 0 Å². The van der Waals surface area contributed by atoms with Gasteiger partial charge in [0.15, 0.2) is 5.76 Å². The summed E-state index contributed by atoms with van der Waals surface area (Å²) >= 11 is 6.33. The number of aryl methyl sites for hydroxylation is 1. The summed E-state index contributed by atoms with van der Waals surface area (Å²) in [6, 6.07) is 7.45. The molecule has 8 heteroatoms. The summed E-state index contributed by atoms with van der Waals surface area (Å²) in [6.45, 7) is 5.34. The number of aromatic nitrogens is 2. The van der Waals surface area contributed by atoms with E-state index in [9.17, 15) is 4.79 Å². The zero-order valence-electron chi connectivity index (χ0n) is 15.1. The van der Waals surface area contributed by atoms with E-state index < -0.39 is 5.41 Å². The number of benzene rings is 1. The third-order valence-electron chi connectivity index (χ3n) is 4.60. The Bertz CT molecular complexity index is 990. The molecule has 7 nitrogen and oxygen atoms in total. The number of aromatic amines is 1. The molecule has 0 bridgehead atoms. The maximum absolute atomic E-state index is 12.2. The minimum atomic E-state index is -0.421. The third kappa shape index (κ3) is 3.65. The lowest BCUT2D eigenvalue weighted by Gasteiger charge is -2.36. The Labute approximate surface area is 161 Å². The van der Waals surface area contributed by atoms with Crippen LogP contribution in [0.4, 0.5) is 0 Å². The quantitative estimate of drug-likeness (QED) is 0.674. The van der Waals surface area contributed by atoms with E-state index in [-0.39, 0.29) is 12.5 Å². The van der Waals surface area contributed by atoms with Gasteiger partial charge in [-0.25, -0.2) is 0 Å². The monoisotopic (exact) mass is 389 g/mol. The predicted octanol–water partition coefficient (Wildman–Crippen LogP) is 3.35. The van der Waals surface area contributed by atoms with Crippen molar-refractivity contribution in [3.8, 4) is 5.75 Å². The van der Waals surface area contributed by atoms with E-state index in [1.165, 1.54) is 0 Å². The molecule has 0 radical (unpaired) electrons. The average Bonchev–Trinajstić information content (AvgIpc) is 3.20. The van der Waals surface area contributed by atoms with E-state index >= 15 is 0 Å². The Morgan fingerprint density at radius 2 is 2.19 bits per heavy atom. The Morgan fingerprint density at radius 3 is 2.85 bits per heavy atom. The maximum atomic E-state index is 12.2. The number of fused-ring (bicyclic) bond motifs is 1. The molecule has 1 amide bonds. The molecule has 1 aliphatic rings. The average molecular weight is 390 g/mol. The number of hydrogen-bond donors (Lipinski definition) is 2. The van der Waals surface area contributed by atoms with Gasteiger partial charge in [0.05, 0.1) is 35.9 Å². The van der Waals surface area contributed by atoms with Crippen LogP contribution >= 0.6 is 11.6 Å². The van der Waals surface area contributed by atoms with Crippen LogP contribution < -0.4 is 10.1 Å². The van der Waals surface area contributed by atoms with Crippen LogP contribution in [0.1, 0.15) is 24.1 Å². The summed E-state index contributed by atoms with van der Waals surface area (Å²) < 4.78 is 16.0. The minimum absolute atomic E-state index is 0.00295. The van der Waals surface area contributed by atoms with Crippen LogP contribution in [0.25, 0.3) is 10.9 Å². The summed E-state index contributed by atoms with van der Waals surface area (Å²) in [4.78, 5) is 15.5. The van der Waals surface area contributed by atoms with Crippen molar-refractivity contribution in [3.05, 3.63) is 46.4 Å². The normalized spacial score (nSPS) is 15.5. The number of nitrogens with zero attached hydrogens (tertiary/aromatic N) is 1. The summed E-state index contributed by atoms with van der Waals surface area (Å²) in [5, 5.41) is 8.23. The lowest BCUT2D eigenvalue weighted by atomic mass is 9.87. The molecule has 3 heterocycles.